The van der Waals surface area contributed by atoms with Crippen molar-refractivity contribution in [2.75, 3.05) is 29.5 Å². The molecule has 18 nitrogen and oxygen atoms in total. The number of fused-ring (bicyclic) bond motifs is 2. The largest absolute Gasteiger partial charge is 0.437 e. The van der Waals surface area contributed by atoms with Gasteiger partial charge in [0.1, 0.15) is 12.0 Å². The van der Waals surface area contributed by atoms with E-state index in [1.54, 1.807) is 56.4 Å². The number of nitriles is 1. The first-order valence-corrected chi connectivity index (χ1v) is 26.6. The van der Waals surface area contributed by atoms with Crippen molar-refractivity contribution < 1.29 is 36.3 Å². The lowest BCUT2D eigenvalue weighted by molar-refractivity contribution is -0.140. The summed E-state index contributed by atoms with van der Waals surface area (Å²) in [5, 5.41) is 37.9. The van der Waals surface area contributed by atoms with Gasteiger partial charge in [0.15, 0.2) is 11.5 Å². The topological polar surface area (TPSA) is 232 Å². The number of rotatable bonds is 13. The van der Waals surface area contributed by atoms with Gasteiger partial charge in [-0.25, -0.2) is 32.4 Å². The Morgan fingerprint density at radius 1 is 0.769 bits per heavy atom. The highest BCUT2D eigenvalue weighted by Crippen LogP contribution is 2.38. The number of anilines is 2. The van der Waals surface area contributed by atoms with Crippen molar-refractivity contribution in [2.24, 2.45) is 13.0 Å². The smallest absolute Gasteiger partial charge is 0.392 e. The number of aliphatic hydroxyl groups is 1. The van der Waals surface area contributed by atoms with Gasteiger partial charge in [-0.3, -0.25) is 19.0 Å². The molecule has 0 aliphatic carbocycles. The first-order valence-electron chi connectivity index (χ1n) is 25.0. The maximum atomic E-state index is 14.1. The Bertz CT molecular complexity index is 3880. The van der Waals surface area contributed by atoms with Gasteiger partial charge in [-0.05, 0) is 100 Å². The summed E-state index contributed by atoms with van der Waals surface area (Å²) in [4.78, 5) is 40.7. The van der Waals surface area contributed by atoms with E-state index in [2.05, 4.69) is 42.0 Å². The number of sulfonamides is 1. The number of para-hydroxylation sites is 2. The molecule has 0 unspecified atom stereocenters. The molecule has 0 bridgehead atoms. The van der Waals surface area contributed by atoms with Crippen molar-refractivity contribution in [2.45, 2.75) is 66.4 Å². The van der Waals surface area contributed by atoms with Gasteiger partial charge in [-0.1, -0.05) is 66.7 Å². The number of alkyl halides is 3. The summed E-state index contributed by atoms with van der Waals surface area (Å²) in [6.07, 6.45) is -2.49. The first-order chi connectivity index (χ1) is 37.3. The van der Waals surface area contributed by atoms with Gasteiger partial charge in [0.2, 0.25) is 10.0 Å². The minimum absolute atomic E-state index is 0.000772. The van der Waals surface area contributed by atoms with E-state index in [-0.39, 0.29) is 42.0 Å². The van der Waals surface area contributed by atoms with E-state index in [9.17, 15) is 36.3 Å². The monoisotopic (exact) mass is 1080 g/mol. The van der Waals surface area contributed by atoms with Gasteiger partial charge in [0.25, 0.3) is 11.8 Å². The summed E-state index contributed by atoms with van der Waals surface area (Å²) in [6.45, 7) is 8.08. The number of pyridine rings is 2. The number of carbonyl (C=O) groups is 2. The lowest BCUT2D eigenvalue weighted by atomic mass is 9.98. The third-order valence-electron chi connectivity index (χ3n) is 13.8. The standard InChI is InChI=1S/C30H25N5O2.C26H29F3N8O3S/c1-19-29(20(2)35(34-19)17-22-12-10-21(16-31)11-13-22)33-30(37)26-15-28(24-7-5-6-23(14-24)18-36)32-27-9-4-3-8-25(26)27;1-4-41(39,40)36-11-9-17(10-12-36)14-37-16(2)22(23(34-37)26(27,28)29)33-25(38)19-13-21(24-30-15-31-35(24)3)32-20-8-6-5-7-18(19)20/h3-15,36H,17-18H2,1-2H3,(H,33,37);5-8,13,15,17H,4,9-12,14H2,1-3H3,(H,33,38). The zero-order valence-electron chi connectivity index (χ0n) is 43.2. The molecule has 1 fully saturated rings. The lowest BCUT2D eigenvalue weighted by Gasteiger charge is -2.31. The van der Waals surface area contributed by atoms with Crippen molar-refractivity contribution in [3.8, 4) is 28.8 Å². The number of hydrogen-bond donors (Lipinski definition) is 3. The van der Waals surface area contributed by atoms with Crippen LogP contribution in [0.3, 0.4) is 0 Å². The van der Waals surface area contributed by atoms with E-state index < -0.39 is 33.5 Å². The quantitative estimate of drug-likeness (QED) is 0.0981. The average molecular weight is 1080 g/mol. The fourth-order valence-corrected chi connectivity index (χ4v) is 10.6. The number of piperidine rings is 1. The Morgan fingerprint density at radius 3 is 1.96 bits per heavy atom. The van der Waals surface area contributed by atoms with Crippen molar-refractivity contribution in [3.63, 3.8) is 0 Å². The summed E-state index contributed by atoms with van der Waals surface area (Å²) < 4.78 is 72.7. The molecule has 1 saturated heterocycles. The molecule has 9 aromatic rings. The fourth-order valence-electron chi connectivity index (χ4n) is 9.47. The summed E-state index contributed by atoms with van der Waals surface area (Å²) in [7, 11) is -1.66. The molecule has 3 N–H and O–H groups in total. The number of aromatic nitrogens is 9. The molecule has 4 aromatic carbocycles. The van der Waals surface area contributed by atoms with Crippen LogP contribution in [-0.2, 0) is 42.9 Å². The van der Waals surface area contributed by atoms with E-state index in [1.165, 1.54) is 33.0 Å². The molecule has 0 spiro atoms. The number of nitrogens with one attached hydrogen (secondary N) is 2. The van der Waals surface area contributed by atoms with Crippen LogP contribution >= 0.6 is 0 Å². The normalized spacial score (nSPS) is 13.3. The van der Waals surface area contributed by atoms with Crippen LogP contribution in [0.1, 0.15) is 79.9 Å². The van der Waals surface area contributed by atoms with Crippen LogP contribution in [0, 0.1) is 38.0 Å². The van der Waals surface area contributed by atoms with Gasteiger partial charge in [-0.15, -0.1) is 0 Å². The molecule has 1 aliphatic rings. The van der Waals surface area contributed by atoms with Crippen LogP contribution in [-0.4, -0.2) is 92.8 Å². The number of hydrogen-bond acceptors (Lipinski definition) is 12. The molecule has 0 saturated carbocycles. The van der Waals surface area contributed by atoms with Crippen LogP contribution in [0.2, 0.25) is 0 Å². The van der Waals surface area contributed by atoms with E-state index in [1.807, 2.05) is 79.2 Å². The molecular formula is C56H54F3N13O5S. The molecule has 0 radical (unpaired) electrons. The molecule has 6 heterocycles. The summed E-state index contributed by atoms with van der Waals surface area (Å²) >= 11 is 0. The van der Waals surface area contributed by atoms with Gasteiger partial charge >= 0.3 is 6.18 Å². The van der Waals surface area contributed by atoms with Crippen LogP contribution in [0.5, 0.6) is 0 Å². The van der Waals surface area contributed by atoms with Gasteiger partial charge in [0.05, 0.1) is 86.8 Å². The molecule has 2 amide bonds. The fraction of sp³-hybridized carbons (Fsp3) is 0.268. The van der Waals surface area contributed by atoms with Crippen LogP contribution < -0.4 is 10.6 Å². The Balaban J connectivity index is 0.000000191. The van der Waals surface area contributed by atoms with E-state index in [0.29, 0.717) is 88.6 Å². The third kappa shape index (κ3) is 11.5. The van der Waals surface area contributed by atoms with Gasteiger partial charge < -0.3 is 15.7 Å². The second-order valence-electron chi connectivity index (χ2n) is 18.9. The predicted molar refractivity (Wildman–Crippen MR) is 288 cm³/mol. The molecule has 10 rings (SSSR count). The van der Waals surface area contributed by atoms with E-state index in [4.69, 9.17) is 10.2 Å². The molecule has 5 aromatic heterocycles. The van der Waals surface area contributed by atoms with Crippen molar-refractivity contribution in [1.82, 2.24) is 48.6 Å². The van der Waals surface area contributed by atoms with Gasteiger partial charge in [0, 0.05) is 43.0 Å². The highest BCUT2D eigenvalue weighted by Gasteiger charge is 2.40. The maximum absolute atomic E-state index is 14.1. The number of nitrogens with zero attached hydrogens (tertiary/aromatic N) is 11. The number of amides is 2. The zero-order chi connectivity index (χ0) is 55.5. The Morgan fingerprint density at radius 2 is 1.37 bits per heavy atom. The number of benzene rings is 4. The van der Waals surface area contributed by atoms with Crippen LogP contribution in [0.25, 0.3) is 44.6 Å². The van der Waals surface area contributed by atoms with Crippen molar-refractivity contribution in [3.05, 3.63) is 166 Å². The molecule has 78 heavy (non-hydrogen) atoms. The molecule has 0 atom stereocenters. The number of aliphatic hydroxyl groups excluding tert-OH is 1. The minimum atomic E-state index is -4.82. The predicted octanol–water partition coefficient (Wildman–Crippen LogP) is 9.25. The number of halogens is 3. The average Bonchev–Trinajstić information content (AvgIpc) is 4.11. The summed E-state index contributed by atoms with van der Waals surface area (Å²) in [5.41, 5.74) is 6.80. The lowest BCUT2D eigenvalue weighted by Crippen LogP contribution is -2.40. The van der Waals surface area contributed by atoms with E-state index in [0.717, 1.165) is 27.8 Å². The highest BCUT2D eigenvalue weighted by molar-refractivity contribution is 7.89. The molecular weight excluding hydrogens is 1020 g/mol. The third-order valence-corrected chi connectivity index (χ3v) is 15.7. The SMILES string of the molecule is CCS(=O)(=O)N1CCC(Cn2nc(C(F)(F)F)c(NC(=O)c3cc(-c4ncnn4C)nc4ccccc34)c2C)CC1.Cc1nn(Cc2ccc(C#N)cc2)c(C)c1NC(=O)c1cc(-c2cccc(CO)c2)nc2ccccc12. The van der Waals surface area contributed by atoms with Crippen LogP contribution in [0.4, 0.5) is 24.5 Å². The second kappa shape index (κ2) is 22.5. The summed E-state index contributed by atoms with van der Waals surface area (Å²) in [6, 6.07) is 34.7. The Labute approximate surface area is 447 Å². The number of aryl methyl sites for hydroxylation is 2. The van der Waals surface area contributed by atoms with Gasteiger partial charge in [-0.2, -0.15) is 33.7 Å². The number of carbonyl (C=O) groups excluding carboxylic acids is 2. The van der Waals surface area contributed by atoms with Crippen molar-refractivity contribution >= 4 is 55.0 Å². The summed E-state index contributed by atoms with van der Waals surface area (Å²) in [5.74, 6) is -0.677. The molecule has 22 heteroatoms. The zero-order valence-corrected chi connectivity index (χ0v) is 44.1. The maximum Gasteiger partial charge on any atom is 0.437 e. The molecule has 400 valence electrons. The highest BCUT2D eigenvalue weighted by atomic mass is 32.2. The molecule has 1 aliphatic heterocycles. The van der Waals surface area contributed by atoms with Crippen LogP contribution in [0.15, 0.2) is 116 Å². The van der Waals surface area contributed by atoms with E-state index >= 15 is 0 Å². The second-order valence-corrected chi connectivity index (χ2v) is 21.1. The minimum Gasteiger partial charge on any atom is -0.392 e. The first kappa shape index (κ1) is 54.2. The van der Waals surface area contributed by atoms with Crippen molar-refractivity contribution in [1.29, 1.82) is 5.26 Å². The Hall–Kier alpha value is -8.65. The Kier molecular flexibility index (Phi) is 15.6.